The zero-order valence-electron chi connectivity index (χ0n) is 24.5. The molecule has 4 aliphatic rings. The second-order valence-electron chi connectivity index (χ2n) is 13.3. The van der Waals surface area contributed by atoms with Crippen molar-refractivity contribution in [1.82, 2.24) is 5.32 Å². The van der Waals surface area contributed by atoms with Crippen LogP contribution in [0.25, 0.3) is 0 Å². The lowest BCUT2D eigenvalue weighted by molar-refractivity contribution is -0.148. The average molecular weight is 534 g/mol. The Labute approximate surface area is 234 Å². The van der Waals surface area contributed by atoms with Gasteiger partial charge in [0.05, 0.1) is 6.10 Å². The number of fused-ring (bicyclic) bond motifs is 5. The summed E-state index contributed by atoms with van der Waals surface area (Å²) in [6.45, 7) is 11.1. The molecule has 0 saturated heterocycles. The number of nitrogens with one attached hydrogen (secondary N) is 1. The quantitative estimate of drug-likeness (QED) is 0.296. The van der Waals surface area contributed by atoms with Gasteiger partial charge in [0.1, 0.15) is 6.10 Å². The van der Waals surface area contributed by atoms with Crippen LogP contribution in [0.5, 0.6) is 0 Å². The number of aliphatic hydroxyl groups excluding tert-OH is 1. The summed E-state index contributed by atoms with van der Waals surface area (Å²) >= 11 is 0. The highest BCUT2D eigenvalue weighted by Gasteiger charge is 2.58. The maximum absolute atomic E-state index is 13.7. The first-order chi connectivity index (χ1) is 18.5. The van der Waals surface area contributed by atoms with Crippen LogP contribution in [-0.2, 0) is 14.3 Å². The minimum absolute atomic E-state index is 0.0250. The van der Waals surface area contributed by atoms with Gasteiger partial charge in [-0.1, -0.05) is 61.4 Å². The van der Waals surface area contributed by atoms with Gasteiger partial charge in [-0.25, -0.2) is 0 Å². The number of rotatable bonds is 8. The Balaban J connectivity index is 1.23. The van der Waals surface area contributed by atoms with Gasteiger partial charge in [0.15, 0.2) is 5.78 Å². The maximum atomic E-state index is 13.7. The number of allylic oxidation sites excluding steroid dienone is 3. The highest BCUT2D eigenvalue weighted by Crippen LogP contribution is 2.66. The number of Topliss-reactive ketones (excluding diaryl/α,β-unsaturated/α-hetero) is 1. The van der Waals surface area contributed by atoms with E-state index in [1.165, 1.54) is 18.1 Å². The number of esters is 1. The van der Waals surface area contributed by atoms with E-state index in [1.807, 2.05) is 37.3 Å². The van der Waals surface area contributed by atoms with Gasteiger partial charge >= 0.3 is 5.97 Å². The van der Waals surface area contributed by atoms with Gasteiger partial charge in [0.25, 0.3) is 0 Å². The fourth-order valence-corrected chi connectivity index (χ4v) is 9.03. The van der Waals surface area contributed by atoms with E-state index in [-0.39, 0.29) is 34.7 Å². The van der Waals surface area contributed by atoms with E-state index < -0.39 is 6.10 Å². The summed E-state index contributed by atoms with van der Waals surface area (Å²) in [5, 5.41) is 14.1. The second-order valence-corrected chi connectivity index (χ2v) is 13.3. The summed E-state index contributed by atoms with van der Waals surface area (Å²) in [7, 11) is 0. The minimum Gasteiger partial charge on any atom is -0.462 e. The van der Waals surface area contributed by atoms with E-state index in [1.54, 1.807) is 0 Å². The minimum atomic E-state index is -0.597. The normalized spacial score (nSPS) is 35.3. The molecule has 0 radical (unpaired) electrons. The van der Waals surface area contributed by atoms with Crippen molar-refractivity contribution >= 4 is 11.8 Å². The van der Waals surface area contributed by atoms with Crippen molar-refractivity contribution in [3.63, 3.8) is 0 Å². The molecule has 1 aromatic rings. The third kappa shape index (κ3) is 5.17. The smallest absolute Gasteiger partial charge is 0.302 e. The molecule has 5 rings (SSSR count). The van der Waals surface area contributed by atoms with E-state index in [0.717, 1.165) is 56.1 Å². The standard InChI is InChI=1S/C34H47NO4/c1-21-19-29-27-12-11-25-20-26(39-23(3)36)13-16-33(25,4)28(27)14-17-34(29,5)31(21)30(37)15-18-35-22(2)32(38)24-9-7-6-8-10-24/h6-11,22,26-29,32,35,38H,12-20H2,1-5H3. The molecular weight excluding hydrogens is 486 g/mol. The van der Waals surface area contributed by atoms with Crippen LogP contribution in [0.15, 0.2) is 53.1 Å². The largest absolute Gasteiger partial charge is 0.462 e. The molecule has 2 saturated carbocycles. The fraction of sp³-hybridized carbons (Fsp3) is 0.647. The first kappa shape index (κ1) is 28.3. The van der Waals surface area contributed by atoms with Crippen LogP contribution in [-0.4, -0.2) is 35.5 Å². The fourth-order valence-electron chi connectivity index (χ4n) is 9.03. The van der Waals surface area contributed by atoms with E-state index in [2.05, 4.69) is 32.2 Å². The third-order valence-electron chi connectivity index (χ3n) is 11.0. The Morgan fingerprint density at radius 2 is 1.79 bits per heavy atom. The molecule has 8 atom stereocenters. The molecule has 5 heteroatoms. The van der Waals surface area contributed by atoms with Crippen LogP contribution in [0.3, 0.4) is 0 Å². The zero-order chi connectivity index (χ0) is 27.9. The van der Waals surface area contributed by atoms with E-state index in [9.17, 15) is 14.7 Å². The number of ketones is 1. The number of benzene rings is 1. The highest BCUT2D eigenvalue weighted by atomic mass is 16.5. The van der Waals surface area contributed by atoms with Gasteiger partial charge in [-0.2, -0.15) is 0 Å². The molecular formula is C34H47NO4. The maximum Gasteiger partial charge on any atom is 0.302 e. The summed E-state index contributed by atoms with van der Waals surface area (Å²) in [5.74, 6) is 1.86. The SMILES string of the molecule is CC(=O)OC1CCC2(C)C(=CCC3C2CCC2(C)C(C(=O)CCNC(C)C(O)c4ccccc4)=C(C)CC32)C1. The first-order valence-electron chi connectivity index (χ1n) is 15.1. The number of hydrogen-bond donors (Lipinski definition) is 2. The molecule has 2 N–H and O–H groups in total. The van der Waals surface area contributed by atoms with Crippen LogP contribution in [0.2, 0.25) is 0 Å². The highest BCUT2D eigenvalue weighted by molar-refractivity contribution is 5.98. The molecule has 8 unspecified atom stereocenters. The predicted molar refractivity (Wildman–Crippen MR) is 154 cm³/mol. The van der Waals surface area contributed by atoms with Crippen molar-refractivity contribution in [2.24, 2.45) is 28.6 Å². The van der Waals surface area contributed by atoms with Crippen LogP contribution in [0, 0.1) is 28.6 Å². The van der Waals surface area contributed by atoms with Gasteiger partial charge < -0.3 is 15.2 Å². The van der Waals surface area contributed by atoms with E-state index in [4.69, 9.17) is 4.74 Å². The number of carbonyl (C=O) groups is 2. The van der Waals surface area contributed by atoms with Crippen LogP contribution in [0.1, 0.15) is 97.7 Å². The average Bonchev–Trinajstić information content (AvgIpc) is 3.18. The lowest BCUT2D eigenvalue weighted by Crippen LogP contribution is -2.50. The topological polar surface area (TPSA) is 75.6 Å². The number of carbonyl (C=O) groups excluding carboxylic acids is 2. The molecule has 0 heterocycles. The van der Waals surface area contributed by atoms with Gasteiger partial charge in [-0.15, -0.1) is 0 Å². The molecule has 1 aromatic carbocycles. The Morgan fingerprint density at radius 1 is 1.08 bits per heavy atom. The monoisotopic (exact) mass is 533 g/mol. The van der Waals surface area contributed by atoms with Crippen molar-refractivity contribution < 1.29 is 19.4 Å². The van der Waals surface area contributed by atoms with Gasteiger partial charge in [0.2, 0.25) is 0 Å². The van der Waals surface area contributed by atoms with Crippen molar-refractivity contribution in [2.45, 2.75) is 104 Å². The van der Waals surface area contributed by atoms with Gasteiger partial charge in [0, 0.05) is 37.9 Å². The van der Waals surface area contributed by atoms with Crippen LogP contribution in [0.4, 0.5) is 0 Å². The molecule has 4 aliphatic carbocycles. The van der Waals surface area contributed by atoms with E-state index in [0.29, 0.717) is 30.7 Å². The van der Waals surface area contributed by atoms with Crippen molar-refractivity contribution in [3.8, 4) is 0 Å². The van der Waals surface area contributed by atoms with E-state index >= 15 is 0 Å². The number of aliphatic hydroxyl groups is 1. The van der Waals surface area contributed by atoms with Crippen LogP contribution >= 0.6 is 0 Å². The second kappa shape index (κ2) is 11.0. The molecule has 212 valence electrons. The third-order valence-corrected chi connectivity index (χ3v) is 11.0. The Kier molecular flexibility index (Phi) is 7.96. The zero-order valence-corrected chi connectivity index (χ0v) is 24.5. The number of hydrogen-bond acceptors (Lipinski definition) is 5. The Morgan fingerprint density at radius 3 is 2.51 bits per heavy atom. The molecule has 5 nitrogen and oxygen atoms in total. The molecule has 0 spiro atoms. The van der Waals surface area contributed by atoms with Gasteiger partial charge in [-0.05, 0) is 86.5 Å². The van der Waals surface area contributed by atoms with Crippen molar-refractivity contribution in [3.05, 3.63) is 58.7 Å². The molecule has 39 heavy (non-hydrogen) atoms. The lowest BCUT2D eigenvalue weighted by atomic mass is 9.47. The summed E-state index contributed by atoms with van der Waals surface area (Å²) in [5.41, 5.74) is 4.92. The number of ether oxygens (including phenoxy) is 1. The molecule has 0 aliphatic heterocycles. The van der Waals surface area contributed by atoms with Crippen molar-refractivity contribution in [1.29, 1.82) is 0 Å². The molecule has 0 bridgehead atoms. The lowest BCUT2D eigenvalue weighted by Gasteiger charge is -2.57. The van der Waals surface area contributed by atoms with Crippen molar-refractivity contribution in [2.75, 3.05) is 6.54 Å². The molecule has 0 aromatic heterocycles. The summed E-state index contributed by atoms with van der Waals surface area (Å²) in [4.78, 5) is 25.3. The predicted octanol–water partition coefficient (Wildman–Crippen LogP) is 6.48. The summed E-state index contributed by atoms with van der Waals surface area (Å²) in [6.07, 6.45) is 9.62. The molecule has 2 fully saturated rings. The molecule has 0 amide bonds. The van der Waals surface area contributed by atoms with Gasteiger partial charge in [-0.3, -0.25) is 9.59 Å². The van der Waals surface area contributed by atoms with Crippen LogP contribution < -0.4 is 5.32 Å². The summed E-state index contributed by atoms with van der Waals surface area (Å²) < 4.78 is 5.60. The first-order valence-corrected chi connectivity index (χ1v) is 15.1. The Hall–Kier alpha value is -2.24. The Bertz CT molecular complexity index is 1150. The summed E-state index contributed by atoms with van der Waals surface area (Å²) in [6, 6.07) is 9.57.